The Morgan fingerprint density at radius 3 is 2.00 bits per heavy atom. The Kier molecular flexibility index (Phi) is 1.53. The average molecular weight is 150 g/mol. The highest BCUT2D eigenvalue weighted by Gasteiger charge is 2.23. The largest absolute Gasteiger partial charge is 0.423 e. The van der Waals surface area contributed by atoms with E-state index in [1.54, 1.807) is 0 Å². The molecule has 1 heterocycles. The molecule has 5 nitrogen and oxygen atoms in total. The van der Waals surface area contributed by atoms with Gasteiger partial charge >= 0.3 is 20.2 Å². The topological polar surface area (TPSA) is 69.7 Å². The zero-order valence-corrected chi connectivity index (χ0v) is 5.25. The van der Waals surface area contributed by atoms with Crippen molar-refractivity contribution in [3.63, 3.8) is 0 Å². The van der Waals surface area contributed by atoms with Gasteiger partial charge in [-0.15, -0.1) is 0 Å². The summed E-state index contributed by atoms with van der Waals surface area (Å²) in [7, 11) is -2.84. The van der Waals surface area contributed by atoms with Crippen molar-refractivity contribution in [1.29, 1.82) is 0 Å². The van der Waals surface area contributed by atoms with E-state index in [0.717, 1.165) is 0 Å². The van der Waals surface area contributed by atoms with Crippen LogP contribution in [0.1, 0.15) is 6.42 Å². The van der Waals surface area contributed by atoms with Crippen LogP contribution in [0, 0.1) is 0 Å². The molecular weight excluding hydrogens is 147 g/mol. The lowest BCUT2D eigenvalue weighted by atomic mass is 10.5. The molecule has 0 aromatic heterocycles. The zero-order chi connectivity index (χ0) is 6.85. The minimum Gasteiger partial charge on any atom is -0.384 e. The Balaban J connectivity index is 2.64. The molecule has 0 aliphatic carbocycles. The summed E-state index contributed by atoms with van der Waals surface area (Å²) < 4.78 is 18.2. The Morgan fingerprint density at radius 2 is 1.67 bits per heavy atom. The number of hydrogen-bond donors (Lipinski definition) is 0. The molecule has 0 spiro atoms. The first-order valence-corrected chi connectivity index (χ1v) is 3.36. The van der Waals surface area contributed by atoms with Gasteiger partial charge in [-0.25, -0.2) is 4.57 Å². The molecule has 1 saturated heterocycles. The first-order valence-electron chi connectivity index (χ1n) is 2.14. The van der Waals surface area contributed by atoms with E-state index in [1.165, 1.54) is 0 Å². The fourth-order valence-corrected chi connectivity index (χ4v) is 0.955. The molecular formula is C3H3O5P. The second kappa shape index (κ2) is 2.19. The van der Waals surface area contributed by atoms with Gasteiger partial charge in [-0.1, -0.05) is 0 Å². The summed E-state index contributed by atoms with van der Waals surface area (Å²) in [6.07, 6.45) is -0.434. The molecule has 9 heavy (non-hydrogen) atoms. The van der Waals surface area contributed by atoms with E-state index in [-0.39, 0.29) is 0 Å². The maximum Gasteiger partial charge on any atom is 0.423 e. The van der Waals surface area contributed by atoms with Crippen LogP contribution in [0.5, 0.6) is 0 Å². The number of carbonyl (C=O) groups excluding carboxylic acids is 2. The highest BCUT2D eigenvalue weighted by Crippen LogP contribution is 2.29. The van der Waals surface area contributed by atoms with Crippen molar-refractivity contribution in [3.05, 3.63) is 0 Å². The Bertz CT molecular complexity index is 139. The molecule has 6 heteroatoms. The van der Waals surface area contributed by atoms with Crippen LogP contribution in [0.25, 0.3) is 0 Å². The lowest BCUT2D eigenvalue weighted by molar-refractivity contribution is -0.149. The van der Waals surface area contributed by atoms with Crippen molar-refractivity contribution in [2.45, 2.75) is 6.42 Å². The van der Waals surface area contributed by atoms with Gasteiger partial charge in [0.1, 0.15) is 6.42 Å². The van der Waals surface area contributed by atoms with Gasteiger partial charge in [0.05, 0.1) is 0 Å². The second-order valence-corrected chi connectivity index (χ2v) is 2.28. The van der Waals surface area contributed by atoms with Crippen LogP contribution >= 0.6 is 8.25 Å². The SMILES string of the molecule is O=C1CC(=O)O[PH](=O)O1. The van der Waals surface area contributed by atoms with Crippen LogP contribution in [0.3, 0.4) is 0 Å². The molecule has 1 rings (SSSR count). The monoisotopic (exact) mass is 150 g/mol. The summed E-state index contributed by atoms with van der Waals surface area (Å²) in [4.78, 5) is 20.4. The third-order valence-electron chi connectivity index (χ3n) is 0.683. The van der Waals surface area contributed by atoms with Crippen LogP contribution in [-0.2, 0) is 23.2 Å². The number of rotatable bonds is 0. The van der Waals surface area contributed by atoms with Gasteiger partial charge in [-0.2, -0.15) is 0 Å². The summed E-state index contributed by atoms with van der Waals surface area (Å²) in [6.45, 7) is 0. The molecule has 1 aliphatic heterocycles. The molecule has 0 saturated carbocycles. The molecule has 0 radical (unpaired) electrons. The molecule has 0 N–H and O–H groups in total. The van der Waals surface area contributed by atoms with Gasteiger partial charge < -0.3 is 9.05 Å². The van der Waals surface area contributed by atoms with Gasteiger partial charge in [-0.05, 0) is 0 Å². The van der Waals surface area contributed by atoms with E-state index in [2.05, 4.69) is 9.05 Å². The lowest BCUT2D eigenvalue weighted by Gasteiger charge is -2.08. The summed E-state index contributed by atoms with van der Waals surface area (Å²) in [5, 5.41) is 0. The minimum atomic E-state index is -2.84. The second-order valence-electron chi connectivity index (χ2n) is 1.37. The first-order chi connectivity index (χ1) is 4.18. The summed E-state index contributed by atoms with van der Waals surface area (Å²) in [6, 6.07) is 0. The highest BCUT2D eigenvalue weighted by atomic mass is 31.1. The molecule has 1 fully saturated rings. The normalized spacial score (nSPS) is 20.9. The van der Waals surface area contributed by atoms with Crippen LogP contribution < -0.4 is 0 Å². The lowest BCUT2D eigenvalue weighted by Crippen LogP contribution is -2.14. The van der Waals surface area contributed by atoms with Crippen LogP contribution in [-0.4, -0.2) is 11.9 Å². The van der Waals surface area contributed by atoms with Crippen molar-refractivity contribution < 1.29 is 23.2 Å². The Morgan fingerprint density at radius 1 is 1.22 bits per heavy atom. The molecule has 0 aromatic rings. The molecule has 0 atom stereocenters. The van der Waals surface area contributed by atoms with Crippen molar-refractivity contribution in [3.8, 4) is 0 Å². The summed E-state index contributed by atoms with van der Waals surface area (Å²) in [5.74, 6) is -1.56. The number of carbonyl (C=O) groups is 2. The van der Waals surface area contributed by atoms with Crippen molar-refractivity contribution in [2.75, 3.05) is 0 Å². The van der Waals surface area contributed by atoms with Gasteiger partial charge in [0, 0.05) is 0 Å². The Hall–Kier alpha value is -0.830. The van der Waals surface area contributed by atoms with E-state index in [1.807, 2.05) is 0 Å². The standard InChI is InChI=1S/C3H3O5P/c4-2-1-3(5)8-9(6)7-2/h9H,1H2. The minimum absolute atomic E-state index is 0.434. The van der Waals surface area contributed by atoms with Crippen LogP contribution in [0.2, 0.25) is 0 Å². The van der Waals surface area contributed by atoms with Gasteiger partial charge in [0.25, 0.3) is 0 Å². The summed E-state index contributed by atoms with van der Waals surface area (Å²) in [5.41, 5.74) is 0. The van der Waals surface area contributed by atoms with E-state index in [0.29, 0.717) is 0 Å². The highest BCUT2D eigenvalue weighted by molar-refractivity contribution is 7.35. The average Bonchev–Trinajstić information content (AvgIpc) is 1.59. The van der Waals surface area contributed by atoms with Crippen LogP contribution in [0.15, 0.2) is 0 Å². The van der Waals surface area contributed by atoms with E-state index >= 15 is 0 Å². The molecule has 0 bridgehead atoms. The quantitative estimate of drug-likeness (QED) is 0.355. The Labute approximate surface area is 50.9 Å². The van der Waals surface area contributed by atoms with Crippen molar-refractivity contribution in [2.24, 2.45) is 0 Å². The fourth-order valence-electron chi connectivity index (χ4n) is 0.397. The molecule has 0 amide bonds. The smallest absolute Gasteiger partial charge is 0.384 e. The zero-order valence-electron chi connectivity index (χ0n) is 4.25. The summed E-state index contributed by atoms with van der Waals surface area (Å²) >= 11 is 0. The molecule has 50 valence electrons. The predicted octanol–water partition coefficient (Wildman–Crippen LogP) is -0.134. The maximum absolute atomic E-state index is 10.2. The maximum atomic E-state index is 10.2. The van der Waals surface area contributed by atoms with Gasteiger partial charge in [0.15, 0.2) is 0 Å². The molecule has 0 unspecified atom stereocenters. The van der Waals surface area contributed by atoms with Gasteiger partial charge in [0.2, 0.25) is 0 Å². The predicted molar refractivity (Wildman–Crippen MR) is 25.8 cm³/mol. The third-order valence-corrected chi connectivity index (χ3v) is 1.47. The van der Waals surface area contributed by atoms with E-state index in [9.17, 15) is 14.2 Å². The van der Waals surface area contributed by atoms with Gasteiger partial charge in [-0.3, -0.25) is 9.59 Å². The first kappa shape index (κ1) is 6.29. The fraction of sp³-hybridized carbons (Fsp3) is 0.333. The van der Waals surface area contributed by atoms with Crippen molar-refractivity contribution >= 4 is 20.2 Å². The van der Waals surface area contributed by atoms with Crippen LogP contribution in [0.4, 0.5) is 0 Å². The molecule has 0 aromatic carbocycles. The van der Waals surface area contributed by atoms with Crippen molar-refractivity contribution in [1.82, 2.24) is 0 Å². The van der Waals surface area contributed by atoms with E-state index in [4.69, 9.17) is 0 Å². The number of hydrogen-bond acceptors (Lipinski definition) is 5. The third kappa shape index (κ3) is 1.54. The van der Waals surface area contributed by atoms with E-state index < -0.39 is 26.6 Å². The molecule has 1 aliphatic rings.